The molecule has 2 N–H and O–H groups in total. The van der Waals surface area contributed by atoms with E-state index in [4.69, 9.17) is 10.5 Å². The van der Waals surface area contributed by atoms with Gasteiger partial charge in [0.15, 0.2) is 0 Å². The van der Waals surface area contributed by atoms with Crippen LogP contribution in [0.5, 0.6) is 0 Å². The predicted molar refractivity (Wildman–Crippen MR) is 65.1 cm³/mol. The van der Waals surface area contributed by atoms with Gasteiger partial charge in [0.05, 0.1) is 11.0 Å². The summed E-state index contributed by atoms with van der Waals surface area (Å²) in [6.45, 7) is 4.96. The van der Waals surface area contributed by atoms with Gasteiger partial charge in [-0.1, -0.05) is 6.08 Å². The lowest BCUT2D eigenvalue weighted by atomic mass is 10.3. The Balaban J connectivity index is 2.60. The summed E-state index contributed by atoms with van der Waals surface area (Å²) in [7, 11) is 1.66. The Morgan fingerprint density at radius 3 is 3.06 bits per heavy atom. The van der Waals surface area contributed by atoms with Crippen molar-refractivity contribution in [2.75, 3.05) is 12.8 Å². The van der Waals surface area contributed by atoms with E-state index in [1.54, 1.807) is 7.11 Å². The lowest BCUT2D eigenvalue weighted by molar-refractivity contribution is 0.175. The van der Waals surface area contributed by atoms with Crippen LogP contribution in [0.25, 0.3) is 11.0 Å². The van der Waals surface area contributed by atoms with Gasteiger partial charge in [-0.15, -0.1) is 6.58 Å². The second-order valence-electron chi connectivity index (χ2n) is 3.61. The molecule has 0 aliphatic carbocycles. The quantitative estimate of drug-likeness (QED) is 0.629. The van der Waals surface area contributed by atoms with Gasteiger partial charge in [-0.25, -0.2) is 4.98 Å². The van der Waals surface area contributed by atoms with E-state index in [0.717, 1.165) is 29.1 Å². The molecule has 0 spiro atoms. The van der Waals surface area contributed by atoms with E-state index in [2.05, 4.69) is 16.1 Å². The van der Waals surface area contributed by atoms with Gasteiger partial charge in [-0.2, -0.15) is 0 Å². The molecule has 0 aliphatic heterocycles. The van der Waals surface area contributed by atoms with E-state index in [9.17, 15) is 0 Å². The summed E-state index contributed by atoms with van der Waals surface area (Å²) in [6.07, 6.45) is 1.84. The normalized spacial score (nSPS) is 10.8. The summed E-state index contributed by atoms with van der Waals surface area (Å²) in [4.78, 5) is 4.49. The van der Waals surface area contributed by atoms with Gasteiger partial charge < -0.3 is 15.0 Å². The topological polar surface area (TPSA) is 53.1 Å². The van der Waals surface area contributed by atoms with Crippen molar-refractivity contribution in [1.82, 2.24) is 9.55 Å². The number of ether oxygens (including phenoxy) is 1. The summed E-state index contributed by atoms with van der Waals surface area (Å²) in [6, 6.07) is 5.72. The van der Waals surface area contributed by atoms with Crippen molar-refractivity contribution in [3.8, 4) is 0 Å². The number of nitrogens with zero attached hydrogens (tertiary/aromatic N) is 2. The number of nitrogens with two attached hydrogens (primary N) is 1. The minimum absolute atomic E-state index is 0.489. The SMILES string of the molecule is C=CCn1c(COC)nc2cc(N)ccc21. The van der Waals surface area contributed by atoms with E-state index in [0.29, 0.717) is 6.61 Å². The summed E-state index contributed by atoms with van der Waals surface area (Å²) in [5.41, 5.74) is 8.41. The van der Waals surface area contributed by atoms with Crippen molar-refractivity contribution in [3.63, 3.8) is 0 Å². The lowest BCUT2D eigenvalue weighted by Crippen LogP contribution is -2.03. The molecule has 0 radical (unpaired) electrons. The molecule has 0 saturated carbocycles. The van der Waals surface area contributed by atoms with E-state index in [1.165, 1.54) is 0 Å². The number of methoxy groups -OCH3 is 1. The van der Waals surface area contributed by atoms with Crippen molar-refractivity contribution in [2.24, 2.45) is 0 Å². The van der Waals surface area contributed by atoms with E-state index >= 15 is 0 Å². The number of imidazole rings is 1. The summed E-state index contributed by atoms with van der Waals surface area (Å²) in [5, 5.41) is 0. The maximum atomic E-state index is 5.73. The van der Waals surface area contributed by atoms with Gasteiger partial charge in [-0.3, -0.25) is 0 Å². The molecule has 1 aromatic heterocycles. The molecule has 0 aliphatic rings. The lowest BCUT2D eigenvalue weighted by Gasteiger charge is -2.05. The average molecular weight is 217 g/mol. The third-order valence-corrected chi connectivity index (χ3v) is 2.44. The van der Waals surface area contributed by atoms with Crippen LogP contribution in [0.3, 0.4) is 0 Å². The van der Waals surface area contributed by atoms with Crippen molar-refractivity contribution in [1.29, 1.82) is 0 Å². The number of nitrogen functional groups attached to an aromatic ring is 1. The maximum Gasteiger partial charge on any atom is 0.136 e. The molecule has 0 amide bonds. The van der Waals surface area contributed by atoms with Crippen molar-refractivity contribution in [2.45, 2.75) is 13.2 Å². The monoisotopic (exact) mass is 217 g/mol. The van der Waals surface area contributed by atoms with Crippen LogP contribution in [0.4, 0.5) is 5.69 Å². The van der Waals surface area contributed by atoms with Gasteiger partial charge >= 0.3 is 0 Å². The van der Waals surface area contributed by atoms with Crippen LogP contribution in [0.2, 0.25) is 0 Å². The highest BCUT2D eigenvalue weighted by Crippen LogP contribution is 2.19. The number of benzene rings is 1. The molecule has 4 heteroatoms. The molecular formula is C12H15N3O. The van der Waals surface area contributed by atoms with E-state index in [-0.39, 0.29) is 0 Å². The Kier molecular flexibility index (Phi) is 2.92. The first-order chi connectivity index (χ1) is 7.76. The second kappa shape index (κ2) is 4.37. The Hall–Kier alpha value is -1.81. The highest BCUT2D eigenvalue weighted by atomic mass is 16.5. The standard InChI is InChI=1S/C12H15N3O/c1-3-6-15-11-5-4-9(13)7-10(11)14-12(15)8-16-2/h3-5,7H,1,6,8,13H2,2H3. The highest BCUT2D eigenvalue weighted by molar-refractivity contribution is 5.79. The molecule has 1 heterocycles. The minimum Gasteiger partial charge on any atom is -0.399 e. The number of fused-ring (bicyclic) bond motifs is 1. The molecule has 4 nitrogen and oxygen atoms in total. The van der Waals surface area contributed by atoms with Gasteiger partial charge in [0.25, 0.3) is 0 Å². The van der Waals surface area contributed by atoms with Crippen molar-refractivity contribution < 1.29 is 4.74 Å². The van der Waals surface area contributed by atoms with Crippen LogP contribution in [-0.4, -0.2) is 16.7 Å². The third kappa shape index (κ3) is 1.79. The smallest absolute Gasteiger partial charge is 0.136 e. The average Bonchev–Trinajstić information content (AvgIpc) is 2.57. The molecule has 84 valence electrons. The summed E-state index contributed by atoms with van der Waals surface area (Å²) in [5.74, 6) is 0.892. The van der Waals surface area contributed by atoms with Crippen LogP contribution in [0.15, 0.2) is 30.9 Å². The number of rotatable bonds is 4. The first-order valence-corrected chi connectivity index (χ1v) is 5.10. The zero-order valence-corrected chi connectivity index (χ0v) is 9.31. The predicted octanol–water partition coefficient (Wildman–Crippen LogP) is 1.95. The molecule has 1 aromatic carbocycles. The fraction of sp³-hybridized carbons (Fsp3) is 0.250. The third-order valence-electron chi connectivity index (χ3n) is 2.44. The largest absolute Gasteiger partial charge is 0.399 e. The van der Waals surface area contributed by atoms with Crippen LogP contribution in [0.1, 0.15) is 5.82 Å². The second-order valence-corrected chi connectivity index (χ2v) is 3.61. The van der Waals surface area contributed by atoms with Gasteiger partial charge in [0.2, 0.25) is 0 Å². The van der Waals surface area contributed by atoms with Gasteiger partial charge in [0, 0.05) is 19.3 Å². The van der Waals surface area contributed by atoms with Crippen molar-refractivity contribution in [3.05, 3.63) is 36.7 Å². The van der Waals surface area contributed by atoms with E-state index < -0.39 is 0 Å². The zero-order chi connectivity index (χ0) is 11.5. The van der Waals surface area contributed by atoms with Crippen LogP contribution in [0, 0.1) is 0 Å². The van der Waals surface area contributed by atoms with Crippen LogP contribution in [-0.2, 0) is 17.9 Å². The highest BCUT2D eigenvalue weighted by Gasteiger charge is 2.09. The fourth-order valence-corrected chi connectivity index (χ4v) is 1.77. The molecule has 0 bridgehead atoms. The Labute approximate surface area is 94.3 Å². The van der Waals surface area contributed by atoms with Crippen LogP contribution >= 0.6 is 0 Å². The Bertz CT molecular complexity index is 516. The van der Waals surface area contributed by atoms with Gasteiger partial charge in [-0.05, 0) is 18.2 Å². The molecule has 2 rings (SSSR count). The molecule has 16 heavy (non-hydrogen) atoms. The first-order valence-electron chi connectivity index (χ1n) is 5.10. The molecule has 0 fully saturated rings. The number of hydrogen-bond acceptors (Lipinski definition) is 3. The Morgan fingerprint density at radius 2 is 2.38 bits per heavy atom. The number of anilines is 1. The molecular weight excluding hydrogens is 202 g/mol. The maximum absolute atomic E-state index is 5.73. The molecule has 0 saturated heterocycles. The first kappa shape index (κ1) is 10.7. The van der Waals surface area contributed by atoms with Crippen molar-refractivity contribution >= 4 is 16.7 Å². The zero-order valence-electron chi connectivity index (χ0n) is 9.31. The van der Waals surface area contributed by atoms with Crippen LogP contribution < -0.4 is 5.73 Å². The number of hydrogen-bond donors (Lipinski definition) is 1. The Morgan fingerprint density at radius 1 is 1.56 bits per heavy atom. The minimum atomic E-state index is 0.489. The van der Waals surface area contributed by atoms with Gasteiger partial charge in [0.1, 0.15) is 12.4 Å². The molecule has 0 unspecified atom stereocenters. The molecule has 2 aromatic rings. The number of aromatic nitrogens is 2. The summed E-state index contributed by atoms with van der Waals surface area (Å²) >= 11 is 0. The fourth-order valence-electron chi connectivity index (χ4n) is 1.77. The summed E-state index contributed by atoms with van der Waals surface area (Å²) < 4.78 is 7.20. The van der Waals surface area contributed by atoms with E-state index in [1.807, 2.05) is 24.3 Å². The molecule has 0 atom stereocenters. The number of allylic oxidation sites excluding steroid dienone is 1.